The largest absolute Gasteiger partial charge is 0.497 e. The van der Waals surface area contributed by atoms with E-state index in [4.69, 9.17) is 14.5 Å². The van der Waals surface area contributed by atoms with E-state index in [0.717, 1.165) is 34.4 Å². The Kier molecular flexibility index (Phi) is 5.91. The van der Waals surface area contributed by atoms with E-state index in [-0.39, 0.29) is 5.91 Å². The van der Waals surface area contributed by atoms with Crippen LogP contribution in [0.15, 0.2) is 78.0 Å². The van der Waals surface area contributed by atoms with Gasteiger partial charge in [0, 0.05) is 23.0 Å². The minimum atomic E-state index is -0.463. The van der Waals surface area contributed by atoms with Crippen molar-refractivity contribution in [1.82, 2.24) is 9.55 Å². The number of benzene rings is 3. The summed E-state index contributed by atoms with van der Waals surface area (Å²) in [5.74, 6) is 1.80. The van der Waals surface area contributed by atoms with E-state index in [9.17, 15) is 4.79 Å². The second kappa shape index (κ2) is 9.18. The Labute approximate surface area is 204 Å². The molecule has 1 aromatic heterocycles. The van der Waals surface area contributed by atoms with Crippen molar-refractivity contribution in [2.24, 2.45) is 0 Å². The first-order valence-electron chi connectivity index (χ1n) is 11.6. The van der Waals surface area contributed by atoms with Gasteiger partial charge >= 0.3 is 0 Å². The normalized spacial score (nSPS) is 14.9. The van der Waals surface area contributed by atoms with Crippen LogP contribution in [0.1, 0.15) is 31.0 Å². The predicted molar refractivity (Wildman–Crippen MR) is 138 cm³/mol. The minimum Gasteiger partial charge on any atom is -0.497 e. The Morgan fingerprint density at radius 3 is 2.54 bits per heavy atom. The number of methoxy groups -OCH3 is 2. The van der Waals surface area contributed by atoms with Crippen LogP contribution in [0.4, 0.5) is 11.6 Å². The second-order valence-corrected chi connectivity index (χ2v) is 8.47. The van der Waals surface area contributed by atoms with E-state index >= 15 is 0 Å². The van der Waals surface area contributed by atoms with E-state index < -0.39 is 6.04 Å². The SMILES string of the molecule is CCc1ccc(NC(=O)C2=C(C)Nc3nc4ccccc4n3C2c2ccc(OC)cc2OC)cc1. The molecule has 4 aromatic rings. The minimum absolute atomic E-state index is 0.189. The van der Waals surface area contributed by atoms with Crippen molar-refractivity contribution in [3.8, 4) is 11.5 Å². The Bertz CT molecular complexity index is 1440. The van der Waals surface area contributed by atoms with E-state index in [2.05, 4.69) is 22.1 Å². The number of aryl methyl sites for hydroxylation is 1. The van der Waals surface area contributed by atoms with Gasteiger partial charge in [-0.2, -0.15) is 0 Å². The molecule has 1 unspecified atom stereocenters. The van der Waals surface area contributed by atoms with Gasteiger partial charge in [-0.25, -0.2) is 4.98 Å². The maximum atomic E-state index is 13.8. The number of amides is 1. The smallest absolute Gasteiger partial charge is 0.255 e. The molecule has 2 N–H and O–H groups in total. The number of ether oxygens (including phenoxy) is 2. The molecule has 35 heavy (non-hydrogen) atoms. The Balaban J connectivity index is 1.66. The fourth-order valence-electron chi connectivity index (χ4n) is 4.62. The van der Waals surface area contributed by atoms with Crippen LogP contribution in [0.2, 0.25) is 0 Å². The number of nitrogens with zero attached hydrogens (tertiary/aromatic N) is 2. The number of carbonyl (C=O) groups is 1. The van der Waals surface area contributed by atoms with Crippen molar-refractivity contribution in [3.05, 3.63) is 89.1 Å². The molecule has 1 amide bonds. The number of imidazole rings is 1. The number of anilines is 2. The number of rotatable bonds is 6. The van der Waals surface area contributed by atoms with Gasteiger partial charge in [0.2, 0.25) is 5.95 Å². The fourth-order valence-corrected chi connectivity index (χ4v) is 4.62. The number of aromatic nitrogens is 2. The lowest BCUT2D eigenvalue weighted by molar-refractivity contribution is -0.113. The number of para-hydroxylation sites is 2. The highest BCUT2D eigenvalue weighted by Crippen LogP contribution is 2.43. The zero-order valence-corrected chi connectivity index (χ0v) is 20.3. The fraction of sp³-hybridized carbons (Fsp3) is 0.214. The molecule has 0 fully saturated rings. The molecule has 0 bridgehead atoms. The van der Waals surface area contributed by atoms with E-state index in [0.29, 0.717) is 23.0 Å². The average molecular weight is 469 g/mol. The van der Waals surface area contributed by atoms with Crippen LogP contribution >= 0.6 is 0 Å². The third-order valence-corrected chi connectivity index (χ3v) is 6.43. The van der Waals surface area contributed by atoms with Crippen LogP contribution in [0, 0.1) is 0 Å². The quantitative estimate of drug-likeness (QED) is 0.388. The van der Waals surface area contributed by atoms with Crippen molar-refractivity contribution < 1.29 is 14.3 Å². The summed E-state index contributed by atoms with van der Waals surface area (Å²) in [5, 5.41) is 6.44. The number of allylic oxidation sites excluding steroid dienone is 1. The first-order valence-corrected chi connectivity index (χ1v) is 11.6. The summed E-state index contributed by atoms with van der Waals surface area (Å²) in [6.45, 7) is 4.01. The van der Waals surface area contributed by atoms with Crippen LogP contribution in [0.25, 0.3) is 11.0 Å². The van der Waals surface area contributed by atoms with Gasteiger partial charge < -0.3 is 20.1 Å². The highest BCUT2D eigenvalue weighted by atomic mass is 16.5. The number of carbonyl (C=O) groups excluding carboxylic acids is 1. The van der Waals surface area contributed by atoms with Gasteiger partial charge in [0.05, 0.1) is 36.9 Å². The number of hydrogen-bond acceptors (Lipinski definition) is 5. The number of fused-ring (bicyclic) bond motifs is 3. The van der Waals surface area contributed by atoms with Crippen molar-refractivity contribution in [3.63, 3.8) is 0 Å². The summed E-state index contributed by atoms with van der Waals surface area (Å²) in [5.41, 5.74) is 5.88. The molecule has 1 aliphatic heterocycles. The molecule has 1 aliphatic rings. The summed E-state index contributed by atoms with van der Waals surface area (Å²) in [7, 11) is 3.24. The molecule has 0 saturated carbocycles. The van der Waals surface area contributed by atoms with E-state index in [1.165, 1.54) is 5.56 Å². The lowest BCUT2D eigenvalue weighted by Crippen LogP contribution is -2.31. The van der Waals surface area contributed by atoms with Crippen molar-refractivity contribution >= 4 is 28.6 Å². The molecule has 7 nitrogen and oxygen atoms in total. The van der Waals surface area contributed by atoms with Gasteiger partial charge in [0.1, 0.15) is 11.5 Å². The summed E-state index contributed by atoms with van der Waals surface area (Å²) < 4.78 is 13.2. The van der Waals surface area contributed by atoms with Gasteiger partial charge in [-0.1, -0.05) is 31.2 Å². The highest BCUT2D eigenvalue weighted by molar-refractivity contribution is 6.06. The molecule has 5 rings (SSSR count). The Morgan fingerprint density at radius 2 is 1.83 bits per heavy atom. The van der Waals surface area contributed by atoms with Gasteiger partial charge in [0.25, 0.3) is 5.91 Å². The maximum absolute atomic E-state index is 13.8. The van der Waals surface area contributed by atoms with Crippen LogP contribution in [-0.2, 0) is 11.2 Å². The van der Waals surface area contributed by atoms with Gasteiger partial charge in [0.15, 0.2) is 0 Å². The first kappa shape index (κ1) is 22.5. The molecular weight excluding hydrogens is 440 g/mol. The zero-order valence-electron chi connectivity index (χ0n) is 20.3. The standard InChI is InChI=1S/C28H28N4O3/c1-5-18-10-12-19(13-11-18)30-27(33)25-17(2)29-28-31-22-8-6-7-9-23(22)32(28)26(25)21-15-14-20(34-3)16-24(21)35-4/h6-16,26H,5H2,1-4H3,(H,29,31)(H,30,33). The highest BCUT2D eigenvalue weighted by Gasteiger charge is 2.35. The Hall–Kier alpha value is -4.26. The molecule has 1 atom stereocenters. The molecule has 7 heteroatoms. The molecule has 178 valence electrons. The van der Waals surface area contributed by atoms with E-state index in [1.807, 2.05) is 73.7 Å². The molecule has 0 saturated heterocycles. The first-order chi connectivity index (χ1) is 17.0. The summed E-state index contributed by atoms with van der Waals surface area (Å²) in [6, 6.07) is 21.0. The topological polar surface area (TPSA) is 77.4 Å². The van der Waals surface area contributed by atoms with Gasteiger partial charge in [-0.15, -0.1) is 0 Å². The van der Waals surface area contributed by atoms with Gasteiger partial charge in [-0.3, -0.25) is 9.36 Å². The van der Waals surface area contributed by atoms with Crippen molar-refractivity contribution in [1.29, 1.82) is 0 Å². The molecule has 0 spiro atoms. The number of hydrogen-bond donors (Lipinski definition) is 2. The lowest BCUT2D eigenvalue weighted by Gasteiger charge is -2.31. The predicted octanol–water partition coefficient (Wildman–Crippen LogP) is 5.54. The van der Waals surface area contributed by atoms with Crippen LogP contribution in [-0.4, -0.2) is 29.7 Å². The van der Waals surface area contributed by atoms with Crippen LogP contribution < -0.4 is 20.1 Å². The van der Waals surface area contributed by atoms with Crippen molar-refractivity contribution in [2.45, 2.75) is 26.3 Å². The average Bonchev–Trinajstić information content (AvgIpc) is 3.25. The molecule has 0 radical (unpaired) electrons. The van der Waals surface area contributed by atoms with Gasteiger partial charge in [-0.05, 0) is 55.3 Å². The summed E-state index contributed by atoms with van der Waals surface area (Å²) in [6.07, 6.45) is 0.943. The number of nitrogens with one attached hydrogen (secondary N) is 2. The Morgan fingerprint density at radius 1 is 1.06 bits per heavy atom. The van der Waals surface area contributed by atoms with Crippen LogP contribution in [0.5, 0.6) is 11.5 Å². The summed E-state index contributed by atoms with van der Waals surface area (Å²) >= 11 is 0. The van der Waals surface area contributed by atoms with E-state index in [1.54, 1.807) is 14.2 Å². The molecular formula is C28H28N4O3. The van der Waals surface area contributed by atoms with Crippen molar-refractivity contribution in [2.75, 3.05) is 24.9 Å². The maximum Gasteiger partial charge on any atom is 0.255 e. The third kappa shape index (κ3) is 3.99. The monoisotopic (exact) mass is 468 g/mol. The summed E-state index contributed by atoms with van der Waals surface area (Å²) in [4.78, 5) is 18.6. The zero-order chi connectivity index (χ0) is 24.5. The van der Waals surface area contributed by atoms with Crippen LogP contribution in [0.3, 0.4) is 0 Å². The molecule has 0 aliphatic carbocycles. The third-order valence-electron chi connectivity index (χ3n) is 6.43. The lowest BCUT2D eigenvalue weighted by atomic mass is 9.93. The molecule has 3 aromatic carbocycles. The second-order valence-electron chi connectivity index (χ2n) is 8.47. The molecule has 2 heterocycles.